The first-order chi connectivity index (χ1) is 6.74. The summed E-state index contributed by atoms with van der Waals surface area (Å²) < 4.78 is 5.41. The van der Waals surface area contributed by atoms with Crippen molar-refractivity contribution in [1.82, 2.24) is 0 Å². The van der Waals surface area contributed by atoms with Gasteiger partial charge < -0.3 is 10.1 Å². The van der Waals surface area contributed by atoms with Gasteiger partial charge in [-0.2, -0.15) is 0 Å². The molecule has 4 heteroatoms. The second kappa shape index (κ2) is 5.59. The Hall–Kier alpha value is 0.0534. The van der Waals surface area contributed by atoms with Gasteiger partial charge in [0.15, 0.2) is 0 Å². The normalized spacial score (nSPS) is 23.3. The summed E-state index contributed by atoms with van der Waals surface area (Å²) in [4.78, 5) is 11.2. The molecular formula is C12H22NO2Rh-. The van der Waals surface area contributed by atoms with Crippen LogP contribution in [-0.4, -0.2) is 23.2 Å². The van der Waals surface area contributed by atoms with E-state index in [2.05, 4.69) is 27.7 Å². The van der Waals surface area contributed by atoms with E-state index in [1.807, 2.05) is 6.92 Å². The summed E-state index contributed by atoms with van der Waals surface area (Å²) in [6.45, 7) is 10.2. The average molecular weight is 315 g/mol. The van der Waals surface area contributed by atoms with E-state index in [4.69, 9.17) is 10.1 Å². The van der Waals surface area contributed by atoms with E-state index in [0.29, 0.717) is 6.42 Å². The van der Waals surface area contributed by atoms with Crippen LogP contribution in [0.3, 0.4) is 0 Å². The van der Waals surface area contributed by atoms with Gasteiger partial charge in [0, 0.05) is 25.9 Å². The van der Waals surface area contributed by atoms with E-state index in [1.165, 1.54) is 0 Å². The SMILES string of the molecule is CCC(=O)OC1CC(C)(C)[N-]C(C)(C)C1.[Rh]. The van der Waals surface area contributed by atoms with Crippen LogP contribution in [0.5, 0.6) is 0 Å². The summed E-state index contributed by atoms with van der Waals surface area (Å²) in [5, 5.41) is 4.74. The van der Waals surface area contributed by atoms with Crippen LogP contribution in [0.4, 0.5) is 0 Å². The van der Waals surface area contributed by atoms with Crippen LogP contribution in [-0.2, 0) is 29.0 Å². The Kier molecular flexibility index (Phi) is 5.61. The van der Waals surface area contributed by atoms with Crippen LogP contribution in [0.25, 0.3) is 5.32 Å². The minimum absolute atomic E-state index is 0. The monoisotopic (exact) mass is 315 g/mol. The molecular weight excluding hydrogens is 293 g/mol. The van der Waals surface area contributed by atoms with Crippen molar-refractivity contribution in [3.63, 3.8) is 0 Å². The smallest absolute Gasteiger partial charge is 0.305 e. The summed E-state index contributed by atoms with van der Waals surface area (Å²) in [5.41, 5.74) is -0.166. The van der Waals surface area contributed by atoms with E-state index in [0.717, 1.165) is 12.8 Å². The maximum absolute atomic E-state index is 11.2. The van der Waals surface area contributed by atoms with Crippen molar-refractivity contribution < 1.29 is 29.0 Å². The van der Waals surface area contributed by atoms with Crippen molar-refractivity contribution in [3.8, 4) is 0 Å². The molecule has 1 radical (unpaired) electrons. The van der Waals surface area contributed by atoms with Crippen molar-refractivity contribution in [2.75, 3.05) is 0 Å². The van der Waals surface area contributed by atoms with Gasteiger partial charge in [-0.1, -0.05) is 34.6 Å². The maximum Gasteiger partial charge on any atom is 0.305 e. The Labute approximate surface area is 111 Å². The number of carbonyl (C=O) groups excluding carboxylic acids is 1. The number of carbonyl (C=O) groups is 1. The van der Waals surface area contributed by atoms with Gasteiger partial charge in [-0.3, -0.25) is 4.79 Å². The molecule has 0 bridgehead atoms. The molecule has 1 rings (SSSR count). The molecule has 0 aromatic heterocycles. The van der Waals surface area contributed by atoms with Crippen molar-refractivity contribution in [3.05, 3.63) is 5.32 Å². The molecule has 3 nitrogen and oxygen atoms in total. The Bertz CT molecular complexity index is 235. The van der Waals surface area contributed by atoms with Gasteiger partial charge >= 0.3 is 5.97 Å². The van der Waals surface area contributed by atoms with Gasteiger partial charge in [-0.25, -0.2) is 0 Å². The summed E-state index contributed by atoms with van der Waals surface area (Å²) >= 11 is 0. The first-order valence-electron chi connectivity index (χ1n) is 5.68. The predicted molar refractivity (Wildman–Crippen MR) is 60.9 cm³/mol. The third kappa shape index (κ3) is 4.92. The molecule has 0 aromatic carbocycles. The molecule has 1 heterocycles. The Balaban J connectivity index is 0.00000225. The Morgan fingerprint density at radius 3 is 2.06 bits per heavy atom. The third-order valence-electron chi connectivity index (χ3n) is 2.65. The van der Waals surface area contributed by atoms with Crippen LogP contribution < -0.4 is 0 Å². The van der Waals surface area contributed by atoms with Gasteiger partial charge in [-0.15, -0.1) is 11.1 Å². The summed E-state index contributed by atoms with van der Waals surface area (Å²) in [7, 11) is 0. The number of nitrogens with zero attached hydrogens (tertiary/aromatic N) is 1. The average Bonchev–Trinajstić information content (AvgIpc) is 1.97. The molecule has 16 heavy (non-hydrogen) atoms. The summed E-state index contributed by atoms with van der Waals surface area (Å²) in [6, 6.07) is 0. The number of hydrogen-bond acceptors (Lipinski definition) is 2. The molecule has 1 fully saturated rings. The zero-order valence-electron chi connectivity index (χ0n) is 10.8. The fraction of sp³-hybridized carbons (Fsp3) is 0.917. The van der Waals surface area contributed by atoms with Crippen molar-refractivity contribution in [2.24, 2.45) is 0 Å². The standard InChI is InChI=1S/C12H22NO2.Rh/c1-6-10(14)15-9-7-11(2,3)13-12(4,5)8-9;/h9H,6-8H2,1-5H3;/q-1;. The topological polar surface area (TPSA) is 40.4 Å². The number of rotatable bonds is 2. The molecule has 0 spiro atoms. The van der Waals surface area contributed by atoms with Crippen LogP contribution >= 0.6 is 0 Å². The fourth-order valence-electron chi connectivity index (χ4n) is 2.45. The van der Waals surface area contributed by atoms with Crippen molar-refractivity contribution >= 4 is 5.97 Å². The number of piperidine rings is 1. The summed E-state index contributed by atoms with van der Waals surface area (Å²) in [6.07, 6.45) is 2.15. The van der Waals surface area contributed by atoms with Gasteiger partial charge in [0.1, 0.15) is 0 Å². The van der Waals surface area contributed by atoms with Crippen molar-refractivity contribution in [1.29, 1.82) is 0 Å². The molecule has 0 atom stereocenters. The molecule has 1 aliphatic heterocycles. The Morgan fingerprint density at radius 2 is 1.69 bits per heavy atom. The molecule has 0 aliphatic carbocycles. The van der Waals surface area contributed by atoms with Crippen LogP contribution in [0.2, 0.25) is 0 Å². The van der Waals surface area contributed by atoms with Gasteiger partial charge in [0.25, 0.3) is 0 Å². The molecule has 0 unspecified atom stereocenters. The largest absolute Gasteiger partial charge is 0.652 e. The van der Waals surface area contributed by atoms with E-state index in [1.54, 1.807) is 0 Å². The maximum atomic E-state index is 11.2. The third-order valence-corrected chi connectivity index (χ3v) is 2.65. The number of hydrogen-bond donors (Lipinski definition) is 0. The van der Waals surface area contributed by atoms with E-state index >= 15 is 0 Å². The molecule has 0 N–H and O–H groups in total. The van der Waals surface area contributed by atoms with Crippen LogP contribution in [0, 0.1) is 0 Å². The van der Waals surface area contributed by atoms with E-state index < -0.39 is 0 Å². The van der Waals surface area contributed by atoms with E-state index in [-0.39, 0.29) is 42.6 Å². The molecule has 0 amide bonds. The van der Waals surface area contributed by atoms with Gasteiger partial charge in [-0.05, 0) is 12.8 Å². The Morgan fingerprint density at radius 1 is 1.25 bits per heavy atom. The molecule has 0 saturated carbocycles. The zero-order valence-corrected chi connectivity index (χ0v) is 12.4. The number of ether oxygens (including phenoxy) is 1. The fourth-order valence-corrected chi connectivity index (χ4v) is 2.45. The summed E-state index contributed by atoms with van der Waals surface area (Å²) in [5.74, 6) is -0.103. The second-order valence-corrected chi connectivity index (χ2v) is 5.61. The van der Waals surface area contributed by atoms with E-state index in [9.17, 15) is 4.79 Å². The molecule has 0 aromatic rings. The molecule has 97 valence electrons. The van der Waals surface area contributed by atoms with Crippen LogP contribution in [0.15, 0.2) is 0 Å². The molecule has 1 aliphatic rings. The quantitative estimate of drug-likeness (QED) is 0.580. The number of esters is 1. The van der Waals surface area contributed by atoms with Crippen LogP contribution in [0.1, 0.15) is 53.9 Å². The molecule has 1 saturated heterocycles. The second-order valence-electron chi connectivity index (χ2n) is 5.61. The predicted octanol–water partition coefficient (Wildman–Crippen LogP) is 3.03. The van der Waals surface area contributed by atoms with Gasteiger partial charge in [0.05, 0.1) is 6.10 Å². The minimum atomic E-state index is -0.103. The van der Waals surface area contributed by atoms with Gasteiger partial charge in [0.2, 0.25) is 0 Å². The van der Waals surface area contributed by atoms with Crippen molar-refractivity contribution in [2.45, 2.75) is 71.1 Å². The zero-order chi connectivity index (χ0) is 11.7. The first-order valence-corrected chi connectivity index (χ1v) is 5.68. The minimum Gasteiger partial charge on any atom is -0.652 e. The first kappa shape index (κ1) is 16.1.